The summed E-state index contributed by atoms with van der Waals surface area (Å²) in [4.78, 5) is 4.27. The lowest BCUT2D eigenvalue weighted by Crippen LogP contribution is -2.25. The van der Waals surface area contributed by atoms with Gasteiger partial charge in [-0.3, -0.25) is 0 Å². The van der Waals surface area contributed by atoms with Crippen LogP contribution in [0.25, 0.3) is 11.0 Å². The molecule has 0 radical (unpaired) electrons. The minimum atomic E-state index is -0.753. The van der Waals surface area contributed by atoms with Crippen LogP contribution in [-0.4, -0.2) is 27.4 Å². The molecule has 0 spiro atoms. The Hall–Kier alpha value is -1.55. The summed E-state index contributed by atoms with van der Waals surface area (Å²) in [5, 5.41) is 9.80. The van der Waals surface area contributed by atoms with Gasteiger partial charge in [-0.1, -0.05) is 0 Å². The molecule has 0 unspecified atom stereocenters. The fourth-order valence-electron chi connectivity index (χ4n) is 1.71. The Kier molecular flexibility index (Phi) is 2.59. The van der Waals surface area contributed by atoms with Crippen molar-refractivity contribution in [2.24, 2.45) is 0 Å². The summed E-state index contributed by atoms with van der Waals surface area (Å²) in [6.45, 7) is 4.06. The van der Waals surface area contributed by atoms with Crippen LogP contribution in [0.5, 0.6) is 5.75 Å². The van der Waals surface area contributed by atoms with Gasteiger partial charge in [0.05, 0.1) is 36.6 Å². The topological polar surface area (TPSA) is 47.3 Å². The summed E-state index contributed by atoms with van der Waals surface area (Å²) in [7, 11) is 1.64. The van der Waals surface area contributed by atoms with Crippen LogP contribution in [0.3, 0.4) is 0 Å². The highest BCUT2D eigenvalue weighted by molar-refractivity contribution is 5.77. The van der Waals surface area contributed by atoms with Gasteiger partial charge in [0, 0.05) is 6.07 Å². The zero-order valence-electron chi connectivity index (χ0n) is 9.77. The Morgan fingerprint density at radius 2 is 2.19 bits per heavy atom. The molecule has 0 amide bonds. The Morgan fingerprint density at radius 1 is 1.44 bits per heavy atom. The fourth-order valence-corrected chi connectivity index (χ4v) is 1.71. The zero-order chi connectivity index (χ0) is 11.8. The number of methoxy groups -OCH3 is 1. The predicted molar refractivity (Wildman–Crippen MR) is 62.6 cm³/mol. The van der Waals surface area contributed by atoms with Crippen molar-refractivity contribution in [3.63, 3.8) is 0 Å². The molecule has 16 heavy (non-hydrogen) atoms. The largest absolute Gasteiger partial charge is 0.497 e. The van der Waals surface area contributed by atoms with E-state index in [0.29, 0.717) is 6.54 Å². The van der Waals surface area contributed by atoms with Gasteiger partial charge in [-0.15, -0.1) is 0 Å². The molecule has 1 aromatic carbocycles. The first-order valence-electron chi connectivity index (χ1n) is 5.21. The van der Waals surface area contributed by atoms with E-state index in [1.54, 1.807) is 27.3 Å². The minimum absolute atomic E-state index is 0.511. The SMILES string of the molecule is COc1ccc2ncn(CC(C)(C)O)c2c1. The molecule has 0 saturated carbocycles. The number of hydrogen-bond acceptors (Lipinski definition) is 3. The van der Waals surface area contributed by atoms with E-state index in [2.05, 4.69) is 4.98 Å². The number of ether oxygens (including phenoxy) is 1. The zero-order valence-corrected chi connectivity index (χ0v) is 9.77. The van der Waals surface area contributed by atoms with Crippen molar-refractivity contribution in [3.05, 3.63) is 24.5 Å². The molecule has 4 nitrogen and oxygen atoms in total. The summed E-state index contributed by atoms with van der Waals surface area (Å²) in [5.41, 5.74) is 1.13. The van der Waals surface area contributed by atoms with Crippen LogP contribution in [0.4, 0.5) is 0 Å². The maximum Gasteiger partial charge on any atom is 0.121 e. The molecule has 0 aliphatic carbocycles. The van der Waals surface area contributed by atoms with Crippen molar-refractivity contribution >= 4 is 11.0 Å². The standard InChI is InChI=1S/C12H16N2O2/c1-12(2,15)7-14-8-13-10-5-4-9(16-3)6-11(10)14/h4-6,8,15H,7H2,1-3H3. The monoisotopic (exact) mass is 220 g/mol. The Bertz CT molecular complexity index is 497. The maximum atomic E-state index is 9.80. The molecule has 0 fully saturated rings. The molecule has 0 atom stereocenters. The molecule has 4 heteroatoms. The lowest BCUT2D eigenvalue weighted by Gasteiger charge is -2.18. The molecular weight excluding hydrogens is 204 g/mol. The van der Waals surface area contributed by atoms with E-state index in [9.17, 15) is 5.11 Å². The molecular formula is C12H16N2O2. The van der Waals surface area contributed by atoms with Gasteiger partial charge in [0.15, 0.2) is 0 Å². The van der Waals surface area contributed by atoms with Gasteiger partial charge in [-0.25, -0.2) is 4.98 Å². The third kappa shape index (κ3) is 2.17. The van der Waals surface area contributed by atoms with E-state index in [1.807, 2.05) is 22.8 Å². The van der Waals surface area contributed by atoms with Gasteiger partial charge in [0.2, 0.25) is 0 Å². The van der Waals surface area contributed by atoms with E-state index >= 15 is 0 Å². The normalized spacial score (nSPS) is 12.0. The molecule has 0 bridgehead atoms. The van der Waals surface area contributed by atoms with Gasteiger partial charge >= 0.3 is 0 Å². The van der Waals surface area contributed by atoms with Crippen molar-refractivity contribution in [3.8, 4) is 5.75 Å². The predicted octanol–water partition coefficient (Wildman–Crippen LogP) is 1.82. The summed E-state index contributed by atoms with van der Waals surface area (Å²) >= 11 is 0. The van der Waals surface area contributed by atoms with Crippen LogP contribution < -0.4 is 4.74 Å². The Morgan fingerprint density at radius 3 is 2.81 bits per heavy atom. The molecule has 1 aromatic heterocycles. The molecule has 1 N–H and O–H groups in total. The summed E-state index contributed by atoms with van der Waals surface area (Å²) < 4.78 is 7.10. The lowest BCUT2D eigenvalue weighted by atomic mass is 10.1. The average molecular weight is 220 g/mol. The highest BCUT2D eigenvalue weighted by atomic mass is 16.5. The highest BCUT2D eigenvalue weighted by Gasteiger charge is 2.15. The second-order valence-electron chi connectivity index (χ2n) is 4.54. The van der Waals surface area contributed by atoms with E-state index in [4.69, 9.17) is 4.74 Å². The number of rotatable bonds is 3. The first-order valence-corrected chi connectivity index (χ1v) is 5.21. The number of aliphatic hydroxyl groups is 1. The van der Waals surface area contributed by atoms with E-state index in [0.717, 1.165) is 16.8 Å². The van der Waals surface area contributed by atoms with Gasteiger partial charge in [0.1, 0.15) is 5.75 Å². The van der Waals surface area contributed by atoms with Crippen molar-refractivity contribution < 1.29 is 9.84 Å². The Labute approximate surface area is 94.5 Å². The van der Waals surface area contributed by atoms with Crippen molar-refractivity contribution in [1.82, 2.24) is 9.55 Å². The van der Waals surface area contributed by atoms with Crippen molar-refractivity contribution in [2.75, 3.05) is 7.11 Å². The van der Waals surface area contributed by atoms with E-state index in [1.165, 1.54) is 0 Å². The molecule has 0 saturated heterocycles. The maximum absolute atomic E-state index is 9.80. The van der Waals surface area contributed by atoms with E-state index in [-0.39, 0.29) is 0 Å². The number of hydrogen-bond donors (Lipinski definition) is 1. The Balaban J connectivity index is 2.46. The van der Waals surface area contributed by atoms with Crippen LogP contribution in [0, 0.1) is 0 Å². The summed E-state index contributed by atoms with van der Waals surface area (Å²) in [6, 6.07) is 5.72. The van der Waals surface area contributed by atoms with Crippen LogP contribution >= 0.6 is 0 Å². The first-order chi connectivity index (χ1) is 7.49. The van der Waals surface area contributed by atoms with Crippen LogP contribution in [0.15, 0.2) is 24.5 Å². The third-order valence-electron chi connectivity index (χ3n) is 2.39. The van der Waals surface area contributed by atoms with Gasteiger partial charge in [0.25, 0.3) is 0 Å². The molecule has 2 rings (SSSR count). The van der Waals surface area contributed by atoms with Crippen LogP contribution in [0.2, 0.25) is 0 Å². The second-order valence-corrected chi connectivity index (χ2v) is 4.54. The van der Waals surface area contributed by atoms with E-state index < -0.39 is 5.60 Å². The number of aromatic nitrogens is 2. The fraction of sp³-hybridized carbons (Fsp3) is 0.417. The molecule has 86 valence electrons. The second kappa shape index (κ2) is 3.79. The van der Waals surface area contributed by atoms with Gasteiger partial charge in [-0.05, 0) is 26.0 Å². The third-order valence-corrected chi connectivity index (χ3v) is 2.39. The number of nitrogens with zero attached hydrogens (tertiary/aromatic N) is 2. The number of benzene rings is 1. The first kappa shape index (κ1) is 11.0. The molecule has 0 aliphatic rings. The minimum Gasteiger partial charge on any atom is -0.497 e. The average Bonchev–Trinajstić information content (AvgIpc) is 2.58. The van der Waals surface area contributed by atoms with Gasteiger partial charge < -0.3 is 14.4 Å². The van der Waals surface area contributed by atoms with Crippen molar-refractivity contribution in [2.45, 2.75) is 26.0 Å². The van der Waals surface area contributed by atoms with Crippen LogP contribution in [0.1, 0.15) is 13.8 Å². The molecule has 1 heterocycles. The number of imidazole rings is 1. The van der Waals surface area contributed by atoms with Crippen LogP contribution in [-0.2, 0) is 6.54 Å². The quantitative estimate of drug-likeness (QED) is 0.858. The summed E-state index contributed by atoms with van der Waals surface area (Å²) in [5.74, 6) is 0.796. The molecule has 2 aromatic rings. The summed E-state index contributed by atoms with van der Waals surface area (Å²) in [6.07, 6.45) is 1.74. The number of fused-ring (bicyclic) bond motifs is 1. The smallest absolute Gasteiger partial charge is 0.121 e. The highest BCUT2D eigenvalue weighted by Crippen LogP contribution is 2.21. The lowest BCUT2D eigenvalue weighted by molar-refractivity contribution is 0.0626. The van der Waals surface area contributed by atoms with Gasteiger partial charge in [-0.2, -0.15) is 0 Å². The van der Waals surface area contributed by atoms with Crippen molar-refractivity contribution in [1.29, 1.82) is 0 Å². The molecule has 0 aliphatic heterocycles.